The first-order chi connectivity index (χ1) is 16.2. The van der Waals surface area contributed by atoms with Gasteiger partial charge in [-0.05, 0) is 68.7 Å². The van der Waals surface area contributed by atoms with Crippen LogP contribution in [0.25, 0.3) is 0 Å². The van der Waals surface area contributed by atoms with Crippen molar-refractivity contribution in [3.05, 3.63) is 58.0 Å². The molecule has 5 rings (SSSR count). The number of carbonyl (C=O) groups excluding carboxylic acids is 1. The number of rotatable bonds is 4. The molecule has 176 valence electrons. The van der Waals surface area contributed by atoms with E-state index in [1.54, 1.807) is 6.07 Å². The first-order valence-electron chi connectivity index (χ1n) is 12.7. The Bertz CT molecular complexity index is 1010. The Labute approximate surface area is 195 Å². The molecule has 0 bridgehead atoms. The van der Waals surface area contributed by atoms with Crippen molar-refractivity contribution in [1.29, 1.82) is 0 Å². The Kier molecular flexibility index (Phi) is 6.85. The number of nitrogens with zero attached hydrogens (tertiary/aromatic N) is 5. The van der Waals surface area contributed by atoms with Crippen molar-refractivity contribution in [1.82, 2.24) is 24.3 Å². The number of hydrogen-bond acceptors (Lipinski definition) is 5. The first kappa shape index (κ1) is 22.3. The van der Waals surface area contributed by atoms with Gasteiger partial charge in [-0.2, -0.15) is 0 Å². The van der Waals surface area contributed by atoms with Gasteiger partial charge in [0.2, 0.25) is 5.91 Å². The van der Waals surface area contributed by atoms with Gasteiger partial charge in [0.05, 0.1) is 12.2 Å². The minimum Gasteiger partial charge on any atom is -0.342 e. The molecule has 1 amide bonds. The van der Waals surface area contributed by atoms with Crippen molar-refractivity contribution in [2.24, 2.45) is 0 Å². The smallest absolute Gasteiger partial charge is 0.253 e. The maximum Gasteiger partial charge on any atom is 0.253 e. The quantitative estimate of drug-likeness (QED) is 0.718. The van der Waals surface area contributed by atoms with Gasteiger partial charge in [-0.1, -0.05) is 6.42 Å². The molecule has 3 aliphatic heterocycles. The van der Waals surface area contributed by atoms with Crippen molar-refractivity contribution >= 4 is 5.91 Å². The summed E-state index contributed by atoms with van der Waals surface area (Å²) in [5.74, 6) is 1.96. The lowest BCUT2D eigenvalue weighted by Gasteiger charge is -2.36. The number of aryl methyl sites for hydroxylation is 1. The summed E-state index contributed by atoms with van der Waals surface area (Å²) >= 11 is 0. The van der Waals surface area contributed by atoms with Crippen molar-refractivity contribution < 1.29 is 4.79 Å². The second-order valence-corrected chi connectivity index (χ2v) is 9.91. The Morgan fingerprint density at radius 2 is 1.76 bits per heavy atom. The standard InChI is InChI=1S/C26H35N5O2/c32-25-17-23(28-24-6-2-1-3-14-31(24)25)22-5-4-13-29(18-22)19-26(33)30-15-9-21(10-16-30)20-7-11-27-12-8-20/h7-8,11-12,17,21-22H,1-6,9-10,13-16,18-19H2. The zero-order chi connectivity index (χ0) is 22.6. The van der Waals surface area contributed by atoms with Crippen molar-refractivity contribution in [2.45, 2.75) is 69.7 Å². The fourth-order valence-electron chi connectivity index (χ4n) is 5.77. The van der Waals surface area contributed by atoms with Gasteiger partial charge in [-0.25, -0.2) is 4.98 Å². The molecule has 7 heteroatoms. The first-order valence-corrected chi connectivity index (χ1v) is 12.7. The molecule has 2 fully saturated rings. The van der Waals surface area contributed by atoms with Crippen LogP contribution >= 0.6 is 0 Å². The third kappa shape index (κ3) is 5.18. The van der Waals surface area contributed by atoms with E-state index in [1.165, 1.54) is 5.56 Å². The molecule has 3 aliphatic rings. The van der Waals surface area contributed by atoms with Gasteiger partial charge < -0.3 is 4.90 Å². The van der Waals surface area contributed by atoms with E-state index in [0.29, 0.717) is 12.5 Å². The summed E-state index contributed by atoms with van der Waals surface area (Å²) < 4.78 is 1.87. The average Bonchev–Trinajstić information content (AvgIpc) is 3.11. The van der Waals surface area contributed by atoms with E-state index < -0.39 is 0 Å². The van der Waals surface area contributed by atoms with E-state index in [1.807, 2.05) is 21.9 Å². The van der Waals surface area contributed by atoms with Crippen molar-refractivity contribution in [3.63, 3.8) is 0 Å². The van der Waals surface area contributed by atoms with Crippen LogP contribution in [0.3, 0.4) is 0 Å². The molecule has 2 saturated heterocycles. The lowest BCUT2D eigenvalue weighted by molar-refractivity contribution is -0.133. The maximum atomic E-state index is 13.0. The van der Waals surface area contributed by atoms with Gasteiger partial charge >= 0.3 is 0 Å². The van der Waals surface area contributed by atoms with Gasteiger partial charge in [-0.3, -0.25) is 24.0 Å². The summed E-state index contributed by atoms with van der Waals surface area (Å²) in [5, 5.41) is 0. The number of fused-ring (bicyclic) bond motifs is 1. The van der Waals surface area contributed by atoms with Crippen LogP contribution in [0.1, 0.15) is 73.9 Å². The predicted octanol–water partition coefficient (Wildman–Crippen LogP) is 2.95. The summed E-state index contributed by atoms with van der Waals surface area (Å²) in [6.07, 6.45) is 12.1. The highest BCUT2D eigenvalue weighted by Gasteiger charge is 2.28. The lowest BCUT2D eigenvalue weighted by Crippen LogP contribution is -2.46. The van der Waals surface area contributed by atoms with Gasteiger partial charge in [0.25, 0.3) is 5.56 Å². The van der Waals surface area contributed by atoms with Crippen LogP contribution in [0.15, 0.2) is 35.4 Å². The molecule has 0 saturated carbocycles. The van der Waals surface area contributed by atoms with E-state index in [-0.39, 0.29) is 17.4 Å². The molecule has 7 nitrogen and oxygen atoms in total. The van der Waals surface area contributed by atoms with Crippen LogP contribution in [-0.2, 0) is 17.8 Å². The highest BCUT2D eigenvalue weighted by molar-refractivity contribution is 5.78. The van der Waals surface area contributed by atoms with E-state index in [0.717, 1.165) is 95.6 Å². The third-order valence-electron chi connectivity index (χ3n) is 7.70. The number of amides is 1. The average molecular weight is 450 g/mol. The third-order valence-corrected chi connectivity index (χ3v) is 7.70. The molecule has 0 spiro atoms. The SMILES string of the molecule is O=C(CN1CCCC(c2cc(=O)n3c(n2)CCCCC3)C1)N1CCC(c2ccncc2)CC1. The Morgan fingerprint density at radius 1 is 0.939 bits per heavy atom. The lowest BCUT2D eigenvalue weighted by atomic mass is 9.90. The van der Waals surface area contributed by atoms with E-state index in [2.05, 4.69) is 22.0 Å². The largest absolute Gasteiger partial charge is 0.342 e. The van der Waals surface area contributed by atoms with Crippen LogP contribution in [0.5, 0.6) is 0 Å². The molecule has 33 heavy (non-hydrogen) atoms. The molecule has 2 aromatic heterocycles. The number of hydrogen-bond donors (Lipinski definition) is 0. The van der Waals surface area contributed by atoms with E-state index in [4.69, 9.17) is 4.98 Å². The fourth-order valence-corrected chi connectivity index (χ4v) is 5.77. The molecule has 0 aliphatic carbocycles. The summed E-state index contributed by atoms with van der Waals surface area (Å²) in [6, 6.07) is 5.95. The summed E-state index contributed by atoms with van der Waals surface area (Å²) in [6.45, 7) is 4.68. The molecular formula is C26H35N5O2. The van der Waals surface area contributed by atoms with Crippen molar-refractivity contribution in [3.8, 4) is 0 Å². The second-order valence-electron chi connectivity index (χ2n) is 9.91. The maximum absolute atomic E-state index is 13.0. The zero-order valence-electron chi connectivity index (χ0n) is 19.5. The van der Waals surface area contributed by atoms with Crippen LogP contribution in [0, 0.1) is 0 Å². The second kappa shape index (κ2) is 10.2. The number of carbonyl (C=O) groups is 1. The minimum absolute atomic E-state index is 0.0992. The molecule has 0 aromatic carbocycles. The van der Waals surface area contributed by atoms with Crippen molar-refractivity contribution in [2.75, 3.05) is 32.7 Å². The predicted molar refractivity (Wildman–Crippen MR) is 127 cm³/mol. The number of aromatic nitrogens is 3. The van der Waals surface area contributed by atoms with Gasteiger partial charge in [0.15, 0.2) is 0 Å². The fraction of sp³-hybridized carbons (Fsp3) is 0.615. The number of pyridine rings is 1. The summed E-state index contributed by atoms with van der Waals surface area (Å²) in [5.41, 5.74) is 2.37. The number of piperidine rings is 2. The summed E-state index contributed by atoms with van der Waals surface area (Å²) in [7, 11) is 0. The monoisotopic (exact) mass is 449 g/mol. The normalized spacial score (nSPS) is 22.5. The zero-order valence-corrected chi connectivity index (χ0v) is 19.5. The highest BCUT2D eigenvalue weighted by Crippen LogP contribution is 2.29. The van der Waals surface area contributed by atoms with Crippen LogP contribution in [-0.4, -0.2) is 63.0 Å². The molecule has 0 N–H and O–H groups in total. The Balaban J connectivity index is 1.18. The Hall–Kier alpha value is -2.54. The molecule has 2 aromatic rings. The summed E-state index contributed by atoms with van der Waals surface area (Å²) in [4.78, 5) is 39.1. The number of likely N-dealkylation sites (tertiary alicyclic amines) is 2. The van der Waals surface area contributed by atoms with Crippen LogP contribution < -0.4 is 5.56 Å². The molecule has 1 unspecified atom stereocenters. The molecule has 5 heterocycles. The molecule has 1 atom stereocenters. The van der Waals surface area contributed by atoms with Gasteiger partial charge in [-0.15, -0.1) is 0 Å². The van der Waals surface area contributed by atoms with Crippen LogP contribution in [0.2, 0.25) is 0 Å². The molecular weight excluding hydrogens is 414 g/mol. The van der Waals surface area contributed by atoms with Gasteiger partial charge in [0, 0.05) is 57.0 Å². The minimum atomic E-state index is 0.0992. The Morgan fingerprint density at radius 3 is 2.58 bits per heavy atom. The van der Waals surface area contributed by atoms with E-state index in [9.17, 15) is 9.59 Å². The molecule has 0 radical (unpaired) electrons. The van der Waals surface area contributed by atoms with E-state index >= 15 is 0 Å². The highest BCUT2D eigenvalue weighted by atomic mass is 16.2. The topological polar surface area (TPSA) is 71.3 Å². The van der Waals surface area contributed by atoms with Gasteiger partial charge in [0.1, 0.15) is 5.82 Å². The van der Waals surface area contributed by atoms with Crippen LogP contribution in [0.4, 0.5) is 0 Å².